The molecule has 0 spiro atoms. The fourth-order valence-corrected chi connectivity index (χ4v) is 4.72. The van der Waals surface area contributed by atoms with Crippen molar-refractivity contribution in [2.75, 3.05) is 0 Å². The number of rotatable bonds is 4. The van der Waals surface area contributed by atoms with Gasteiger partial charge in [-0.25, -0.2) is 13.2 Å². The summed E-state index contributed by atoms with van der Waals surface area (Å²) in [7, 11) is 0. The standard InChI is InChI=1S/C20H25F3/c1-2-3-4-13-5-6-15-10-16(8-7-14(15)9-13)17-11-18(21)20(23)19(22)12-17/h2,11-16H,1,3-10H2/t13-,14-,15-,16?/m1/s1. The summed E-state index contributed by atoms with van der Waals surface area (Å²) in [5.41, 5.74) is 0.633. The monoisotopic (exact) mass is 322 g/mol. The molecular weight excluding hydrogens is 297 g/mol. The first-order valence-electron chi connectivity index (χ1n) is 8.83. The van der Waals surface area contributed by atoms with E-state index < -0.39 is 17.5 Å². The van der Waals surface area contributed by atoms with Gasteiger partial charge in [0.1, 0.15) is 0 Å². The van der Waals surface area contributed by atoms with Crippen molar-refractivity contribution in [2.45, 2.75) is 57.3 Å². The predicted molar refractivity (Wildman–Crippen MR) is 86.7 cm³/mol. The third-order valence-electron chi connectivity index (χ3n) is 5.98. The van der Waals surface area contributed by atoms with Gasteiger partial charge in [-0.1, -0.05) is 12.5 Å². The van der Waals surface area contributed by atoms with E-state index >= 15 is 0 Å². The Hall–Kier alpha value is -1.25. The van der Waals surface area contributed by atoms with E-state index in [0.717, 1.165) is 37.5 Å². The molecule has 0 N–H and O–H groups in total. The van der Waals surface area contributed by atoms with Gasteiger partial charge in [0.25, 0.3) is 0 Å². The van der Waals surface area contributed by atoms with E-state index in [0.29, 0.717) is 11.5 Å². The van der Waals surface area contributed by atoms with Gasteiger partial charge in [-0.05, 0) is 86.3 Å². The molecule has 1 aromatic rings. The fourth-order valence-electron chi connectivity index (χ4n) is 4.72. The minimum atomic E-state index is -1.36. The highest BCUT2D eigenvalue weighted by atomic mass is 19.2. The molecular formula is C20H25F3. The third-order valence-corrected chi connectivity index (χ3v) is 5.98. The van der Waals surface area contributed by atoms with Crippen molar-refractivity contribution in [3.8, 4) is 0 Å². The van der Waals surface area contributed by atoms with Crippen LogP contribution in [0.2, 0.25) is 0 Å². The lowest BCUT2D eigenvalue weighted by Gasteiger charge is -2.42. The van der Waals surface area contributed by atoms with Crippen LogP contribution in [0.5, 0.6) is 0 Å². The van der Waals surface area contributed by atoms with Crippen LogP contribution < -0.4 is 0 Å². The van der Waals surface area contributed by atoms with E-state index in [1.54, 1.807) is 0 Å². The lowest BCUT2D eigenvalue weighted by molar-refractivity contribution is 0.114. The molecule has 4 atom stereocenters. The Kier molecular flexibility index (Phi) is 5.13. The van der Waals surface area contributed by atoms with Gasteiger partial charge in [0.2, 0.25) is 0 Å². The van der Waals surface area contributed by atoms with Crippen LogP contribution in [-0.4, -0.2) is 0 Å². The van der Waals surface area contributed by atoms with E-state index in [9.17, 15) is 13.2 Å². The normalized spacial score (nSPS) is 30.7. The smallest absolute Gasteiger partial charge is 0.194 e. The Balaban J connectivity index is 1.64. The first-order valence-corrected chi connectivity index (χ1v) is 8.83. The fraction of sp³-hybridized carbons (Fsp3) is 0.600. The van der Waals surface area contributed by atoms with E-state index in [1.165, 1.54) is 37.8 Å². The molecule has 3 rings (SSSR count). The van der Waals surface area contributed by atoms with Gasteiger partial charge >= 0.3 is 0 Å². The van der Waals surface area contributed by atoms with E-state index in [-0.39, 0.29) is 5.92 Å². The molecule has 0 aromatic heterocycles. The maximum atomic E-state index is 13.5. The van der Waals surface area contributed by atoms with Crippen molar-refractivity contribution in [3.63, 3.8) is 0 Å². The summed E-state index contributed by atoms with van der Waals surface area (Å²) in [6.45, 7) is 3.80. The summed E-state index contributed by atoms with van der Waals surface area (Å²) in [6.07, 6.45) is 11.2. The lowest BCUT2D eigenvalue weighted by atomic mass is 9.63. The van der Waals surface area contributed by atoms with Gasteiger partial charge < -0.3 is 0 Å². The molecule has 0 radical (unpaired) electrons. The van der Waals surface area contributed by atoms with Crippen LogP contribution in [0.25, 0.3) is 0 Å². The molecule has 1 unspecified atom stereocenters. The average Bonchev–Trinajstić information content (AvgIpc) is 2.56. The summed E-state index contributed by atoms with van der Waals surface area (Å²) in [5, 5.41) is 0. The molecule has 2 aliphatic carbocycles. The highest BCUT2D eigenvalue weighted by Crippen LogP contribution is 2.48. The molecule has 2 aliphatic rings. The van der Waals surface area contributed by atoms with E-state index in [1.807, 2.05) is 6.08 Å². The molecule has 126 valence electrons. The maximum absolute atomic E-state index is 13.5. The van der Waals surface area contributed by atoms with Crippen LogP contribution in [0, 0.1) is 35.2 Å². The Morgan fingerprint density at radius 2 is 1.61 bits per heavy atom. The summed E-state index contributed by atoms with van der Waals surface area (Å²) in [6, 6.07) is 2.39. The van der Waals surface area contributed by atoms with Crippen LogP contribution >= 0.6 is 0 Å². The van der Waals surface area contributed by atoms with Gasteiger partial charge in [-0.15, -0.1) is 6.58 Å². The summed E-state index contributed by atoms with van der Waals surface area (Å²) >= 11 is 0. The van der Waals surface area contributed by atoms with Crippen LogP contribution in [0.3, 0.4) is 0 Å². The van der Waals surface area contributed by atoms with Crippen molar-refractivity contribution in [1.82, 2.24) is 0 Å². The molecule has 0 nitrogen and oxygen atoms in total. The van der Waals surface area contributed by atoms with Crippen LogP contribution in [0.15, 0.2) is 24.8 Å². The third kappa shape index (κ3) is 3.64. The molecule has 0 amide bonds. The maximum Gasteiger partial charge on any atom is 0.194 e. The van der Waals surface area contributed by atoms with E-state index in [4.69, 9.17) is 0 Å². The molecule has 0 saturated heterocycles. The Morgan fingerprint density at radius 1 is 0.957 bits per heavy atom. The van der Waals surface area contributed by atoms with Crippen molar-refractivity contribution in [1.29, 1.82) is 0 Å². The van der Waals surface area contributed by atoms with Crippen molar-refractivity contribution in [2.24, 2.45) is 17.8 Å². The minimum absolute atomic E-state index is 0.172. The second kappa shape index (κ2) is 7.11. The molecule has 0 bridgehead atoms. The molecule has 0 heterocycles. The van der Waals surface area contributed by atoms with Gasteiger partial charge in [0.05, 0.1) is 0 Å². The zero-order chi connectivity index (χ0) is 16.4. The SMILES string of the molecule is C=CCC[C@@H]1CC[C@@H]2CC(c3cc(F)c(F)c(F)c3)CC[C@@H]2C1. The zero-order valence-corrected chi connectivity index (χ0v) is 13.5. The number of benzene rings is 1. The Bertz CT molecular complexity index is 543. The van der Waals surface area contributed by atoms with Gasteiger partial charge in [0.15, 0.2) is 17.5 Å². The highest BCUT2D eigenvalue weighted by Gasteiger charge is 2.36. The number of hydrogen-bond acceptors (Lipinski definition) is 0. The molecule has 3 heteroatoms. The van der Waals surface area contributed by atoms with Gasteiger partial charge in [0, 0.05) is 0 Å². The minimum Gasteiger partial charge on any atom is -0.204 e. The summed E-state index contributed by atoms with van der Waals surface area (Å²) < 4.78 is 40.1. The summed E-state index contributed by atoms with van der Waals surface area (Å²) in [4.78, 5) is 0. The number of allylic oxidation sites excluding steroid dienone is 1. The van der Waals surface area contributed by atoms with Crippen molar-refractivity contribution >= 4 is 0 Å². The zero-order valence-electron chi connectivity index (χ0n) is 13.5. The van der Waals surface area contributed by atoms with E-state index in [2.05, 4.69) is 6.58 Å². The average molecular weight is 322 g/mol. The number of fused-ring (bicyclic) bond motifs is 1. The predicted octanol–water partition coefficient (Wildman–Crippen LogP) is 6.37. The second-order valence-electron chi connectivity index (χ2n) is 7.37. The Morgan fingerprint density at radius 3 is 2.30 bits per heavy atom. The topological polar surface area (TPSA) is 0 Å². The largest absolute Gasteiger partial charge is 0.204 e. The van der Waals surface area contributed by atoms with Crippen molar-refractivity contribution in [3.05, 3.63) is 47.8 Å². The first kappa shape index (κ1) is 16.6. The van der Waals surface area contributed by atoms with Gasteiger partial charge in [-0.2, -0.15) is 0 Å². The lowest BCUT2D eigenvalue weighted by Crippen LogP contribution is -2.30. The molecule has 2 fully saturated rings. The van der Waals surface area contributed by atoms with Crippen molar-refractivity contribution < 1.29 is 13.2 Å². The van der Waals surface area contributed by atoms with Gasteiger partial charge in [-0.3, -0.25) is 0 Å². The molecule has 23 heavy (non-hydrogen) atoms. The quantitative estimate of drug-likeness (QED) is 0.446. The van der Waals surface area contributed by atoms with Crippen LogP contribution in [-0.2, 0) is 0 Å². The number of halogens is 3. The summed E-state index contributed by atoms with van der Waals surface area (Å²) in [5.74, 6) is -1.08. The van der Waals surface area contributed by atoms with Crippen LogP contribution in [0.4, 0.5) is 13.2 Å². The Labute approximate surface area is 136 Å². The second-order valence-corrected chi connectivity index (χ2v) is 7.37. The van der Waals surface area contributed by atoms with Crippen LogP contribution in [0.1, 0.15) is 62.8 Å². The first-order chi connectivity index (χ1) is 11.1. The molecule has 1 aromatic carbocycles. The highest BCUT2D eigenvalue weighted by molar-refractivity contribution is 5.24. The number of hydrogen-bond donors (Lipinski definition) is 0. The molecule has 0 aliphatic heterocycles. The molecule has 2 saturated carbocycles.